The molecule has 3 rings (SSSR count). The summed E-state index contributed by atoms with van der Waals surface area (Å²) >= 11 is 0. The second-order valence-corrected chi connectivity index (χ2v) is 5.69. The van der Waals surface area contributed by atoms with Crippen molar-refractivity contribution in [1.29, 1.82) is 5.26 Å². The van der Waals surface area contributed by atoms with Gasteiger partial charge in [-0.3, -0.25) is 0 Å². The number of hydrogen-bond acceptors (Lipinski definition) is 3. The van der Waals surface area contributed by atoms with Crippen LogP contribution in [0.3, 0.4) is 0 Å². The Morgan fingerprint density at radius 1 is 1.14 bits per heavy atom. The van der Waals surface area contributed by atoms with Crippen LogP contribution in [0.4, 0.5) is 5.82 Å². The Morgan fingerprint density at radius 3 is 2.43 bits per heavy atom. The number of aryl methyl sites for hydroxylation is 2. The zero-order valence-corrected chi connectivity index (χ0v) is 12.6. The maximum Gasteiger partial charge on any atom is 0.146 e. The average Bonchev–Trinajstić information content (AvgIpc) is 2.86. The monoisotopic (exact) mass is 280 g/mol. The molecular formula is C17H20N4. The number of aromatic nitrogens is 2. The highest BCUT2D eigenvalue weighted by molar-refractivity contribution is 5.53. The first-order chi connectivity index (χ1) is 10.2. The van der Waals surface area contributed by atoms with Gasteiger partial charge >= 0.3 is 0 Å². The van der Waals surface area contributed by atoms with Crippen LogP contribution in [-0.4, -0.2) is 22.6 Å². The first-order valence-electron chi connectivity index (χ1n) is 7.45. The van der Waals surface area contributed by atoms with Gasteiger partial charge in [0.25, 0.3) is 0 Å². The quantitative estimate of drug-likeness (QED) is 0.848. The standard InChI is InChI=1S/C17H20N4/c1-13-5-6-14(2)21(13)16-7-10-20(11-8-16)17-15(12-18)4-3-9-19-17/h3-6,9,16H,7-8,10-11H2,1-2H3. The van der Waals surface area contributed by atoms with Crippen molar-refractivity contribution in [2.24, 2.45) is 0 Å². The van der Waals surface area contributed by atoms with E-state index in [1.165, 1.54) is 11.4 Å². The summed E-state index contributed by atoms with van der Waals surface area (Å²) in [6, 6.07) is 10.8. The second-order valence-electron chi connectivity index (χ2n) is 5.69. The zero-order chi connectivity index (χ0) is 14.8. The van der Waals surface area contributed by atoms with Crippen LogP contribution in [0.2, 0.25) is 0 Å². The van der Waals surface area contributed by atoms with E-state index in [1.54, 1.807) is 6.20 Å². The number of hydrogen-bond donors (Lipinski definition) is 0. The topological polar surface area (TPSA) is 44.9 Å². The van der Waals surface area contributed by atoms with Gasteiger partial charge in [0.05, 0.1) is 5.56 Å². The summed E-state index contributed by atoms with van der Waals surface area (Å²) in [5.74, 6) is 0.833. The highest BCUT2D eigenvalue weighted by atomic mass is 15.2. The molecule has 0 amide bonds. The largest absolute Gasteiger partial charge is 0.355 e. The van der Waals surface area contributed by atoms with Crippen molar-refractivity contribution < 1.29 is 0 Å². The molecule has 2 aromatic rings. The summed E-state index contributed by atoms with van der Waals surface area (Å²) in [5.41, 5.74) is 3.34. The Balaban J connectivity index is 1.75. The average molecular weight is 280 g/mol. The Morgan fingerprint density at radius 2 is 1.81 bits per heavy atom. The van der Waals surface area contributed by atoms with E-state index in [9.17, 15) is 5.26 Å². The lowest BCUT2D eigenvalue weighted by Crippen LogP contribution is -2.36. The Labute approximate surface area is 125 Å². The number of nitrogens with zero attached hydrogens (tertiary/aromatic N) is 4. The fraction of sp³-hybridized carbons (Fsp3) is 0.412. The van der Waals surface area contributed by atoms with E-state index in [2.05, 4.69) is 46.5 Å². The molecule has 0 saturated carbocycles. The first kappa shape index (κ1) is 13.7. The normalized spacial score (nSPS) is 16.0. The highest BCUT2D eigenvalue weighted by Gasteiger charge is 2.24. The van der Waals surface area contributed by atoms with Crippen LogP contribution >= 0.6 is 0 Å². The molecule has 0 aromatic carbocycles. The molecule has 0 radical (unpaired) electrons. The van der Waals surface area contributed by atoms with Crippen LogP contribution < -0.4 is 4.90 Å². The van der Waals surface area contributed by atoms with Gasteiger partial charge in [-0.05, 0) is 51.0 Å². The van der Waals surface area contributed by atoms with E-state index in [1.807, 2.05) is 12.1 Å². The predicted octanol–water partition coefficient (Wildman–Crippen LogP) is 3.21. The van der Waals surface area contributed by atoms with Crippen molar-refractivity contribution in [2.45, 2.75) is 32.7 Å². The minimum absolute atomic E-state index is 0.561. The molecule has 2 aromatic heterocycles. The summed E-state index contributed by atoms with van der Waals surface area (Å²) in [7, 11) is 0. The van der Waals surface area contributed by atoms with E-state index < -0.39 is 0 Å². The maximum absolute atomic E-state index is 9.20. The molecule has 0 unspecified atom stereocenters. The van der Waals surface area contributed by atoms with E-state index in [0.717, 1.165) is 31.7 Å². The van der Waals surface area contributed by atoms with Gasteiger partial charge in [0, 0.05) is 36.7 Å². The van der Waals surface area contributed by atoms with Gasteiger partial charge in [0.2, 0.25) is 0 Å². The maximum atomic E-state index is 9.20. The molecule has 0 aliphatic carbocycles. The molecule has 3 heterocycles. The van der Waals surface area contributed by atoms with Gasteiger partial charge in [0.1, 0.15) is 11.9 Å². The van der Waals surface area contributed by atoms with Gasteiger partial charge in [-0.15, -0.1) is 0 Å². The van der Waals surface area contributed by atoms with Gasteiger partial charge in [0.15, 0.2) is 0 Å². The Bertz CT molecular complexity index is 653. The summed E-state index contributed by atoms with van der Waals surface area (Å²) in [5, 5.41) is 9.20. The van der Waals surface area contributed by atoms with Crippen molar-refractivity contribution in [1.82, 2.24) is 9.55 Å². The fourth-order valence-corrected chi connectivity index (χ4v) is 3.33. The molecular weight excluding hydrogens is 260 g/mol. The lowest BCUT2D eigenvalue weighted by atomic mass is 10.0. The van der Waals surface area contributed by atoms with E-state index >= 15 is 0 Å². The fourth-order valence-electron chi connectivity index (χ4n) is 3.33. The van der Waals surface area contributed by atoms with Gasteiger partial charge < -0.3 is 9.47 Å². The van der Waals surface area contributed by atoms with Gasteiger partial charge in [-0.2, -0.15) is 5.26 Å². The van der Waals surface area contributed by atoms with Crippen molar-refractivity contribution >= 4 is 5.82 Å². The molecule has 4 heteroatoms. The van der Waals surface area contributed by atoms with Crippen LogP contribution in [0, 0.1) is 25.2 Å². The zero-order valence-electron chi connectivity index (χ0n) is 12.6. The van der Waals surface area contributed by atoms with Crippen molar-refractivity contribution in [3.63, 3.8) is 0 Å². The molecule has 21 heavy (non-hydrogen) atoms. The van der Waals surface area contributed by atoms with Crippen molar-refractivity contribution in [3.05, 3.63) is 47.4 Å². The summed E-state index contributed by atoms with van der Waals surface area (Å²) < 4.78 is 2.45. The third kappa shape index (κ3) is 2.52. The summed E-state index contributed by atoms with van der Waals surface area (Å²) in [6.45, 7) is 6.25. The van der Waals surface area contributed by atoms with Crippen LogP contribution in [0.5, 0.6) is 0 Å². The third-order valence-electron chi connectivity index (χ3n) is 4.36. The van der Waals surface area contributed by atoms with Crippen molar-refractivity contribution in [2.75, 3.05) is 18.0 Å². The lowest BCUT2D eigenvalue weighted by molar-refractivity contribution is 0.385. The predicted molar refractivity (Wildman–Crippen MR) is 83.3 cm³/mol. The number of piperidine rings is 1. The summed E-state index contributed by atoms with van der Waals surface area (Å²) in [4.78, 5) is 6.63. The Hall–Kier alpha value is -2.28. The molecule has 108 valence electrons. The van der Waals surface area contributed by atoms with Crippen LogP contribution in [0.25, 0.3) is 0 Å². The molecule has 0 bridgehead atoms. The van der Waals surface area contributed by atoms with E-state index in [0.29, 0.717) is 11.6 Å². The van der Waals surface area contributed by atoms with Crippen LogP contribution in [0.1, 0.15) is 35.8 Å². The molecule has 1 saturated heterocycles. The molecule has 4 nitrogen and oxygen atoms in total. The first-order valence-corrected chi connectivity index (χ1v) is 7.45. The van der Waals surface area contributed by atoms with Crippen molar-refractivity contribution in [3.8, 4) is 6.07 Å². The SMILES string of the molecule is Cc1ccc(C)n1C1CCN(c2ncccc2C#N)CC1. The van der Waals surface area contributed by atoms with E-state index in [4.69, 9.17) is 0 Å². The molecule has 0 spiro atoms. The number of anilines is 1. The minimum Gasteiger partial charge on any atom is -0.355 e. The smallest absolute Gasteiger partial charge is 0.146 e. The molecule has 0 atom stereocenters. The molecule has 1 aliphatic heterocycles. The third-order valence-corrected chi connectivity index (χ3v) is 4.36. The van der Waals surface area contributed by atoms with Crippen LogP contribution in [-0.2, 0) is 0 Å². The number of nitriles is 1. The highest BCUT2D eigenvalue weighted by Crippen LogP contribution is 2.29. The molecule has 1 aliphatic rings. The number of rotatable bonds is 2. The van der Waals surface area contributed by atoms with Gasteiger partial charge in [-0.1, -0.05) is 0 Å². The molecule has 1 fully saturated rings. The lowest BCUT2D eigenvalue weighted by Gasteiger charge is -2.35. The Kier molecular flexibility index (Phi) is 3.66. The van der Waals surface area contributed by atoms with E-state index in [-0.39, 0.29) is 0 Å². The number of pyridine rings is 1. The van der Waals surface area contributed by atoms with Gasteiger partial charge in [-0.25, -0.2) is 4.98 Å². The molecule has 0 N–H and O–H groups in total. The summed E-state index contributed by atoms with van der Waals surface area (Å²) in [6.07, 6.45) is 3.96. The van der Waals surface area contributed by atoms with Crippen LogP contribution in [0.15, 0.2) is 30.5 Å². The second kappa shape index (κ2) is 5.61. The minimum atomic E-state index is 0.561.